The molecular formula is C18H28N2O. The van der Waals surface area contributed by atoms with Crippen LogP contribution in [-0.4, -0.2) is 37.0 Å². The highest BCUT2D eigenvalue weighted by Crippen LogP contribution is 2.20. The first-order chi connectivity index (χ1) is 9.99. The van der Waals surface area contributed by atoms with Crippen molar-refractivity contribution in [3.8, 4) is 0 Å². The summed E-state index contributed by atoms with van der Waals surface area (Å²) in [5.74, 6) is 0.433. The highest BCUT2D eigenvalue weighted by molar-refractivity contribution is 5.78. The third kappa shape index (κ3) is 4.07. The summed E-state index contributed by atoms with van der Waals surface area (Å²) in [6.45, 7) is 12.1. The third-order valence-corrected chi connectivity index (χ3v) is 4.52. The summed E-state index contributed by atoms with van der Waals surface area (Å²) in [7, 11) is 0. The molecule has 116 valence electrons. The van der Waals surface area contributed by atoms with E-state index in [9.17, 15) is 4.79 Å². The van der Waals surface area contributed by atoms with E-state index in [1.165, 1.54) is 22.3 Å². The van der Waals surface area contributed by atoms with Crippen LogP contribution in [0, 0.1) is 26.7 Å². The molecule has 3 nitrogen and oxygen atoms in total. The molecule has 3 heteroatoms. The molecule has 1 aromatic carbocycles. The number of benzene rings is 1. The maximum atomic E-state index is 12.4. The van der Waals surface area contributed by atoms with Crippen molar-refractivity contribution in [2.24, 2.45) is 5.92 Å². The van der Waals surface area contributed by atoms with Gasteiger partial charge in [-0.2, -0.15) is 0 Å². The standard InChI is InChI=1S/C18H28N2O/c1-13-11-15(3)17(16(4)12-13)6-5-14(2)18(21)20-9-7-19-8-10-20/h11-12,14,19H,5-10H2,1-4H3. The van der Waals surface area contributed by atoms with Gasteiger partial charge in [0.05, 0.1) is 0 Å². The molecule has 0 radical (unpaired) electrons. The monoisotopic (exact) mass is 288 g/mol. The third-order valence-electron chi connectivity index (χ3n) is 4.52. The molecule has 1 aliphatic heterocycles. The zero-order chi connectivity index (χ0) is 15.4. The van der Waals surface area contributed by atoms with Crippen LogP contribution in [0.25, 0.3) is 0 Å². The first-order valence-corrected chi connectivity index (χ1v) is 8.05. The molecule has 1 amide bonds. The number of carbonyl (C=O) groups excluding carboxylic acids is 1. The first-order valence-electron chi connectivity index (χ1n) is 8.05. The summed E-state index contributed by atoms with van der Waals surface area (Å²) in [6, 6.07) is 4.48. The van der Waals surface area contributed by atoms with E-state index in [0.29, 0.717) is 5.91 Å². The minimum Gasteiger partial charge on any atom is -0.340 e. The molecule has 1 unspecified atom stereocenters. The number of hydrogen-bond donors (Lipinski definition) is 1. The molecule has 2 rings (SSSR count). The summed E-state index contributed by atoms with van der Waals surface area (Å²) in [4.78, 5) is 14.5. The van der Waals surface area contributed by atoms with Gasteiger partial charge in [0.2, 0.25) is 5.91 Å². The van der Waals surface area contributed by atoms with Gasteiger partial charge in [-0.25, -0.2) is 0 Å². The largest absolute Gasteiger partial charge is 0.340 e. The van der Waals surface area contributed by atoms with Crippen LogP contribution >= 0.6 is 0 Å². The van der Waals surface area contributed by atoms with Gasteiger partial charge in [0, 0.05) is 32.1 Å². The van der Waals surface area contributed by atoms with Crippen LogP contribution in [0.4, 0.5) is 0 Å². The fourth-order valence-electron chi connectivity index (χ4n) is 3.29. The Labute approximate surface area is 128 Å². The van der Waals surface area contributed by atoms with Crippen LogP contribution in [0.5, 0.6) is 0 Å². The Morgan fingerprint density at radius 3 is 2.33 bits per heavy atom. The molecule has 1 aliphatic rings. The van der Waals surface area contributed by atoms with Crippen molar-refractivity contribution in [2.75, 3.05) is 26.2 Å². The summed E-state index contributed by atoms with van der Waals surface area (Å²) in [5, 5.41) is 3.29. The quantitative estimate of drug-likeness (QED) is 0.923. The maximum absolute atomic E-state index is 12.4. The Bertz CT molecular complexity index is 481. The minimum absolute atomic E-state index is 0.114. The Morgan fingerprint density at radius 2 is 1.76 bits per heavy atom. The van der Waals surface area contributed by atoms with Crippen LogP contribution in [-0.2, 0) is 11.2 Å². The highest BCUT2D eigenvalue weighted by Gasteiger charge is 2.22. The molecule has 0 aliphatic carbocycles. The topological polar surface area (TPSA) is 32.3 Å². The lowest BCUT2D eigenvalue weighted by Gasteiger charge is -2.30. The fourth-order valence-corrected chi connectivity index (χ4v) is 3.29. The van der Waals surface area contributed by atoms with Crippen molar-refractivity contribution < 1.29 is 4.79 Å². The molecule has 1 heterocycles. The van der Waals surface area contributed by atoms with Crippen LogP contribution in [0.3, 0.4) is 0 Å². The van der Waals surface area contributed by atoms with Gasteiger partial charge in [-0.15, -0.1) is 0 Å². The molecule has 0 saturated carbocycles. The van der Waals surface area contributed by atoms with Gasteiger partial charge in [0.25, 0.3) is 0 Å². The number of nitrogens with one attached hydrogen (secondary N) is 1. The van der Waals surface area contributed by atoms with Crippen molar-refractivity contribution in [3.63, 3.8) is 0 Å². The average Bonchev–Trinajstić information content (AvgIpc) is 2.46. The lowest BCUT2D eigenvalue weighted by atomic mass is 9.92. The van der Waals surface area contributed by atoms with Crippen molar-refractivity contribution >= 4 is 5.91 Å². The Hall–Kier alpha value is -1.35. The molecule has 1 N–H and O–H groups in total. The summed E-state index contributed by atoms with van der Waals surface area (Å²) in [6.07, 6.45) is 1.93. The van der Waals surface area contributed by atoms with Gasteiger partial charge in [-0.3, -0.25) is 4.79 Å². The van der Waals surface area contributed by atoms with Gasteiger partial charge in [-0.05, 0) is 50.3 Å². The van der Waals surface area contributed by atoms with E-state index in [-0.39, 0.29) is 5.92 Å². The molecule has 1 saturated heterocycles. The molecule has 1 fully saturated rings. The van der Waals surface area contributed by atoms with E-state index in [4.69, 9.17) is 0 Å². The van der Waals surface area contributed by atoms with Gasteiger partial charge < -0.3 is 10.2 Å². The number of piperazine rings is 1. The lowest BCUT2D eigenvalue weighted by molar-refractivity contribution is -0.135. The highest BCUT2D eigenvalue weighted by atomic mass is 16.2. The number of carbonyl (C=O) groups is 1. The molecule has 21 heavy (non-hydrogen) atoms. The second-order valence-corrected chi connectivity index (χ2v) is 6.39. The second kappa shape index (κ2) is 7.08. The number of rotatable bonds is 4. The maximum Gasteiger partial charge on any atom is 0.225 e. The van der Waals surface area contributed by atoms with Crippen molar-refractivity contribution in [2.45, 2.75) is 40.5 Å². The van der Waals surface area contributed by atoms with E-state index in [1.54, 1.807) is 0 Å². The van der Waals surface area contributed by atoms with Crippen molar-refractivity contribution in [3.05, 3.63) is 34.4 Å². The SMILES string of the molecule is Cc1cc(C)c(CCC(C)C(=O)N2CCNCC2)c(C)c1. The molecule has 1 atom stereocenters. The average molecular weight is 288 g/mol. The summed E-state index contributed by atoms with van der Waals surface area (Å²) < 4.78 is 0. The fraction of sp³-hybridized carbons (Fsp3) is 0.611. The Kier molecular flexibility index (Phi) is 5.40. The van der Waals surface area contributed by atoms with Crippen molar-refractivity contribution in [1.82, 2.24) is 10.2 Å². The molecule has 0 spiro atoms. The van der Waals surface area contributed by atoms with E-state index in [0.717, 1.165) is 39.0 Å². The van der Waals surface area contributed by atoms with Gasteiger partial charge in [-0.1, -0.05) is 24.6 Å². The first kappa shape index (κ1) is 16.0. The zero-order valence-corrected chi connectivity index (χ0v) is 13.8. The second-order valence-electron chi connectivity index (χ2n) is 6.39. The molecular weight excluding hydrogens is 260 g/mol. The lowest BCUT2D eigenvalue weighted by Crippen LogP contribution is -2.48. The summed E-state index contributed by atoms with van der Waals surface area (Å²) >= 11 is 0. The van der Waals surface area contributed by atoms with Gasteiger partial charge in [0.15, 0.2) is 0 Å². The zero-order valence-electron chi connectivity index (χ0n) is 13.8. The Morgan fingerprint density at radius 1 is 1.19 bits per heavy atom. The number of amides is 1. The molecule has 1 aromatic rings. The summed E-state index contributed by atoms with van der Waals surface area (Å²) in [5.41, 5.74) is 5.45. The minimum atomic E-state index is 0.114. The van der Waals surface area contributed by atoms with E-state index >= 15 is 0 Å². The molecule has 0 bridgehead atoms. The van der Waals surface area contributed by atoms with Crippen LogP contribution in [0.15, 0.2) is 12.1 Å². The van der Waals surface area contributed by atoms with Crippen LogP contribution < -0.4 is 5.32 Å². The normalized spacial score (nSPS) is 16.9. The number of nitrogens with zero attached hydrogens (tertiary/aromatic N) is 1. The van der Waals surface area contributed by atoms with Gasteiger partial charge in [0.1, 0.15) is 0 Å². The van der Waals surface area contributed by atoms with E-state index in [1.807, 2.05) is 4.90 Å². The smallest absolute Gasteiger partial charge is 0.225 e. The number of hydrogen-bond acceptors (Lipinski definition) is 2. The Balaban J connectivity index is 1.94. The van der Waals surface area contributed by atoms with Crippen LogP contribution in [0.1, 0.15) is 35.6 Å². The van der Waals surface area contributed by atoms with E-state index in [2.05, 4.69) is 45.1 Å². The predicted molar refractivity (Wildman–Crippen MR) is 87.6 cm³/mol. The van der Waals surface area contributed by atoms with E-state index < -0.39 is 0 Å². The molecule has 0 aromatic heterocycles. The van der Waals surface area contributed by atoms with Crippen molar-refractivity contribution in [1.29, 1.82) is 0 Å². The van der Waals surface area contributed by atoms with Gasteiger partial charge >= 0.3 is 0 Å². The van der Waals surface area contributed by atoms with Crippen LogP contribution in [0.2, 0.25) is 0 Å². The predicted octanol–water partition coefficient (Wildman–Crippen LogP) is 2.61. The number of aryl methyl sites for hydroxylation is 3.